The van der Waals surface area contributed by atoms with Crippen LogP contribution >= 0.6 is 11.3 Å². The minimum absolute atomic E-state index is 0.00275. The monoisotopic (exact) mass is 420 g/mol. The predicted octanol–water partition coefficient (Wildman–Crippen LogP) is 3.82. The summed E-state index contributed by atoms with van der Waals surface area (Å²) < 4.78 is 0. The van der Waals surface area contributed by atoms with Crippen molar-refractivity contribution in [3.63, 3.8) is 0 Å². The Labute approximate surface area is 182 Å². The number of benzene rings is 1. The van der Waals surface area contributed by atoms with Gasteiger partial charge in [0.1, 0.15) is 0 Å². The van der Waals surface area contributed by atoms with E-state index in [2.05, 4.69) is 74.9 Å². The third-order valence-electron chi connectivity index (χ3n) is 5.64. The number of hydrogen-bond acceptors (Lipinski definition) is 5. The lowest BCUT2D eigenvalue weighted by atomic mass is 10.0. The van der Waals surface area contributed by atoms with E-state index in [4.69, 9.17) is 0 Å². The molecule has 0 unspecified atom stereocenters. The summed E-state index contributed by atoms with van der Waals surface area (Å²) in [6.45, 7) is 7.13. The molecule has 1 aromatic carbocycles. The zero-order chi connectivity index (χ0) is 20.8. The molecule has 2 atom stereocenters. The summed E-state index contributed by atoms with van der Waals surface area (Å²) in [5.41, 5.74) is 1.96. The van der Waals surface area contributed by atoms with Crippen LogP contribution in [0.4, 0.5) is 0 Å². The fraction of sp³-hybridized carbons (Fsp3) is 0.333. The van der Waals surface area contributed by atoms with Crippen LogP contribution in [0.1, 0.15) is 33.8 Å². The molecule has 1 saturated heterocycles. The summed E-state index contributed by atoms with van der Waals surface area (Å²) in [6.07, 6.45) is 3.30. The van der Waals surface area contributed by atoms with Gasteiger partial charge in [0.2, 0.25) is 0 Å². The maximum Gasteiger partial charge on any atom is 0.253 e. The van der Waals surface area contributed by atoms with Crippen molar-refractivity contribution in [3.05, 3.63) is 88.4 Å². The van der Waals surface area contributed by atoms with E-state index in [0.717, 1.165) is 32.7 Å². The van der Waals surface area contributed by atoms with Crippen LogP contribution in [0.25, 0.3) is 0 Å². The van der Waals surface area contributed by atoms with Crippen molar-refractivity contribution in [2.45, 2.75) is 25.6 Å². The molecule has 5 nitrogen and oxygen atoms in total. The van der Waals surface area contributed by atoms with Gasteiger partial charge < -0.3 is 5.32 Å². The Morgan fingerprint density at radius 1 is 1.07 bits per heavy atom. The molecule has 1 aliphatic heterocycles. The van der Waals surface area contributed by atoms with E-state index in [9.17, 15) is 4.79 Å². The first-order chi connectivity index (χ1) is 14.7. The topological polar surface area (TPSA) is 48.5 Å². The second-order valence-electron chi connectivity index (χ2n) is 7.76. The number of nitrogens with one attached hydrogen (secondary N) is 1. The van der Waals surface area contributed by atoms with Crippen LogP contribution < -0.4 is 5.32 Å². The van der Waals surface area contributed by atoms with Gasteiger partial charge in [0, 0.05) is 56.0 Å². The summed E-state index contributed by atoms with van der Waals surface area (Å²) in [6, 6.07) is 18.7. The maximum atomic E-state index is 12.7. The zero-order valence-electron chi connectivity index (χ0n) is 17.3. The number of amides is 1. The molecule has 1 N–H and O–H groups in total. The summed E-state index contributed by atoms with van der Waals surface area (Å²) >= 11 is 1.76. The Kier molecular flexibility index (Phi) is 6.89. The molecule has 1 amide bonds. The predicted molar refractivity (Wildman–Crippen MR) is 122 cm³/mol. The van der Waals surface area contributed by atoms with E-state index in [1.807, 2.05) is 0 Å². The lowest BCUT2D eigenvalue weighted by Crippen LogP contribution is -2.52. The van der Waals surface area contributed by atoms with Crippen LogP contribution in [0.3, 0.4) is 0 Å². The minimum Gasteiger partial charge on any atom is -0.348 e. The molecule has 0 bridgehead atoms. The SMILES string of the molecule is C[C@H](NC(=O)c1cccnc1)[C@H](c1cccs1)N1CCN(Cc2ccccc2)CC1. The van der Waals surface area contributed by atoms with Gasteiger partial charge in [-0.2, -0.15) is 0 Å². The molecule has 3 aromatic rings. The van der Waals surface area contributed by atoms with E-state index >= 15 is 0 Å². The Hall–Kier alpha value is -2.54. The first-order valence-corrected chi connectivity index (χ1v) is 11.3. The number of thiophene rings is 1. The van der Waals surface area contributed by atoms with Crippen LogP contribution in [0.15, 0.2) is 72.4 Å². The smallest absolute Gasteiger partial charge is 0.253 e. The standard InChI is InChI=1S/C24H28N4OS/c1-19(26-24(29)21-9-5-11-25-17-21)23(22-10-6-16-30-22)28-14-12-27(13-15-28)18-20-7-3-2-4-8-20/h2-11,16-17,19,23H,12-15,18H2,1H3,(H,26,29)/t19-,23+/m0/s1. The van der Waals surface area contributed by atoms with E-state index in [-0.39, 0.29) is 18.0 Å². The van der Waals surface area contributed by atoms with Crippen molar-refractivity contribution in [3.8, 4) is 0 Å². The Balaban J connectivity index is 1.41. The highest BCUT2D eigenvalue weighted by Crippen LogP contribution is 2.29. The van der Waals surface area contributed by atoms with Crippen LogP contribution in [0.2, 0.25) is 0 Å². The Morgan fingerprint density at radius 3 is 2.53 bits per heavy atom. The molecule has 0 aliphatic carbocycles. The van der Waals surface area contributed by atoms with Crippen molar-refractivity contribution in [1.29, 1.82) is 0 Å². The van der Waals surface area contributed by atoms with Gasteiger partial charge in [-0.1, -0.05) is 36.4 Å². The first kappa shape index (κ1) is 20.7. The summed E-state index contributed by atoms with van der Waals surface area (Å²) in [7, 11) is 0. The number of aromatic nitrogens is 1. The quantitative estimate of drug-likeness (QED) is 0.631. The normalized spacial score (nSPS) is 17.4. The molecule has 2 aromatic heterocycles. The second kappa shape index (κ2) is 9.98. The van der Waals surface area contributed by atoms with E-state index < -0.39 is 0 Å². The minimum atomic E-state index is -0.0696. The highest BCUT2D eigenvalue weighted by atomic mass is 32.1. The van der Waals surface area contributed by atoms with Gasteiger partial charge in [-0.05, 0) is 36.1 Å². The fourth-order valence-electron chi connectivity index (χ4n) is 4.11. The molecule has 4 rings (SSSR count). The number of rotatable bonds is 7. The van der Waals surface area contributed by atoms with Crippen molar-refractivity contribution < 1.29 is 4.79 Å². The molecule has 0 spiro atoms. The van der Waals surface area contributed by atoms with Gasteiger partial charge in [-0.25, -0.2) is 0 Å². The molecular weight excluding hydrogens is 392 g/mol. The molecule has 30 heavy (non-hydrogen) atoms. The number of carbonyl (C=O) groups is 1. The van der Waals surface area contributed by atoms with Gasteiger partial charge in [0.05, 0.1) is 11.6 Å². The highest BCUT2D eigenvalue weighted by Gasteiger charge is 2.31. The summed E-state index contributed by atoms with van der Waals surface area (Å²) in [4.78, 5) is 23.1. The molecule has 156 valence electrons. The number of nitrogens with zero attached hydrogens (tertiary/aromatic N) is 3. The van der Waals surface area contributed by atoms with Crippen LogP contribution in [0, 0.1) is 0 Å². The first-order valence-electron chi connectivity index (χ1n) is 10.5. The second-order valence-corrected chi connectivity index (χ2v) is 8.74. The molecule has 1 fully saturated rings. The van der Waals surface area contributed by atoms with E-state index in [1.165, 1.54) is 10.4 Å². The van der Waals surface area contributed by atoms with Gasteiger partial charge in [-0.3, -0.25) is 19.6 Å². The average molecular weight is 421 g/mol. The molecule has 0 radical (unpaired) electrons. The summed E-state index contributed by atoms with van der Waals surface area (Å²) in [5.74, 6) is -0.0696. The highest BCUT2D eigenvalue weighted by molar-refractivity contribution is 7.10. The Morgan fingerprint density at radius 2 is 1.87 bits per heavy atom. The fourth-order valence-corrected chi connectivity index (χ4v) is 5.07. The zero-order valence-corrected chi connectivity index (χ0v) is 18.1. The van der Waals surface area contributed by atoms with Gasteiger partial charge in [0.15, 0.2) is 0 Å². The maximum absolute atomic E-state index is 12.7. The van der Waals surface area contributed by atoms with Crippen molar-refractivity contribution in [2.24, 2.45) is 0 Å². The number of piperazine rings is 1. The Bertz CT molecular complexity index is 909. The van der Waals surface area contributed by atoms with Gasteiger partial charge >= 0.3 is 0 Å². The van der Waals surface area contributed by atoms with Gasteiger partial charge in [-0.15, -0.1) is 11.3 Å². The lowest BCUT2D eigenvalue weighted by molar-refractivity contribution is 0.0714. The molecular formula is C24H28N4OS. The van der Waals surface area contributed by atoms with E-state index in [0.29, 0.717) is 5.56 Å². The van der Waals surface area contributed by atoms with Gasteiger partial charge in [0.25, 0.3) is 5.91 Å². The van der Waals surface area contributed by atoms with Crippen LogP contribution in [-0.2, 0) is 6.54 Å². The largest absolute Gasteiger partial charge is 0.348 e. The van der Waals surface area contributed by atoms with Crippen molar-refractivity contribution in [2.75, 3.05) is 26.2 Å². The lowest BCUT2D eigenvalue weighted by Gasteiger charge is -2.41. The molecule has 6 heteroatoms. The molecule has 3 heterocycles. The van der Waals surface area contributed by atoms with Crippen LogP contribution in [-0.4, -0.2) is 52.9 Å². The van der Waals surface area contributed by atoms with E-state index in [1.54, 1.807) is 35.9 Å². The number of carbonyl (C=O) groups excluding carboxylic acids is 1. The average Bonchev–Trinajstić information content (AvgIpc) is 3.31. The van der Waals surface area contributed by atoms with Crippen molar-refractivity contribution >= 4 is 17.2 Å². The third-order valence-corrected chi connectivity index (χ3v) is 6.58. The summed E-state index contributed by atoms with van der Waals surface area (Å²) in [5, 5.41) is 5.32. The number of hydrogen-bond donors (Lipinski definition) is 1. The molecule has 1 aliphatic rings. The third kappa shape index (κ3) is 5.14. The molecule has 0 saturated carbocycles. The van der Waals surface area contributed by atoms with Crippen molar-refractivity contribution in [1.82, 2.24) is 20.1 Å². The van der Waals surface area contributed by atoms with Crippen LogP contribution in [0.5, 0.6) is 0 Å². The number of pyridine rings is 1.